The third-order valence-electron chi connectivity index (χ3n) is 1.69. The van der Waals surface area contributed by atoms with Gasteiger partial charge in [-0.2, -0.15) is 0 Å². The first-order valence-corrected chi connectivity index (χ1v) is 5.09. The Morgan fingerprint density at radius 2 is 2.00 bits per heavy atom. The molecule has 0 atom stereocenters. The minimum atomic E-state index is -1.62. The molecule has 0 aliphatic carbocycles. The number of benzene rings is 1. The number of rotatable bonds is 3. The number of Topliss-reactive ketones (excluding diaryl/α,β-unsaturated/α-hetero) is 1. The van der Waals surface area contributed by atoms with Crippen molar-refractivity contribution in [2.45, 2.75) is 0 Å². The molecular weight excluding hydrogens is 301 g/mol. The predicted molar refractivity (Wildman–Crippen MR) is 60.3 cm³/mol. The van der Waals surface area contributed by atoms with E-state index in [2.05, 4.69) is 21.1 Å². The summed E-state index contributed by atoms with van der Waals surface area (Å²) in [4.78, 5) is 22.1. The zero-order chi connectivity index (χ0) is 12.3. The van der Waals surface area contributed by atoms with Crippen molar-refractivity contribution in [3.8, 4) is 0 Å². The van der Waals surface area contributed by atoms with Crippen LogP contribution in [0.2, 0.25) is 5.02 Å². The van der Waals surface area contributed by atoms with Crippen LogP contribution in [0.15, 0.2) is 27.8 Å². The maximum atomic E-state index is 11.6. The molecule has 2 N–H and O–H groups in total. The van der Waals surface area contributed by atoms with Crippen molar-refractivity contribution >= 4 is 45.0 Å². The Morgan fingerprint density at radius 1 is 1.38 bits per heavy atom. The Balaban J connectivity index is 3.20. The molecule has 0 radical (unpaired) electrons. The van der Waals surface area contributed by atoms with Gasteiger partial charge in [-0.1, -0.05) is 32.7 Å². The molecule has 7 heteroatoms. The van der Waals surface area contributed by atoms with Crippen LogP contribution < -0.4 is 0 Å². The molecule has 0 fully saturated rings. The Labute approximate surface area is 103 Å². The number of oxime groups is 1. The maximum absolute atomic E-state index is 11.6. The number of halogens is 2. The van der Waals surface area contributed by atoms with Gasteiger partial charge in [0.1, 0.15) is 0 Å². The first-order chi connectivity index (χ1) is 7.47. The number of carboxylic acid groups (broad SMARTS) is 1. The lowest BCUT2D eigenvalue weighted by Gasteiger charge is -2.02. The third kappa shape index (κ3) is 2.59. The Bertz CT molecular complexity index is 486. The van der Waals surface area contributed by atoms with E-state index in [1.807, 2.05) is 0 Å². The lowest BCUT2D eigenvalue weighted by atomic mass is 10.1. The minimum absolute atomic E-state index is 0.0416. The minimum Gasteiger partial charge on any atom is -0.476 e. The zero-order valence-electron chi connectivity index (χ0n) is 7.65. The van der Waals surface area contributed by atoms with Crippen molar-refractivity contribution in [1.29, 1.82) is 0 Å². The number of ketones is 1. The number of carbonyl (C=O) groups is 2. The van der Waals surface area contributed by atoms with Gasteiger partial charge in [0.2, 0.25) is 11.5 Å². The van der Waals surface area contributed by atoms with Crippen LogP contribution >= 0.6 is 27.5 Å². The summed E-state index contributed by atoms with van der Waals surface area (Å²) in [5.41, 5.74) is -1.02. The monoisotopic (exact) mass is 305 g/mol. The van der Waals surface area contributed by atoms with E-state index in [9.17, 15) is 9.59 Å². The third-order valence-corrected chi connectivity index (χ3v) is 2.50. The second-order valence-electron chi connectivity index (χ2n) is 2.71. The van der Waals surface area contributed by atoms with Gasteiger partial charge < -0.3 is 10.3 Å². The fourth-order valence-electron chi connectivity index (χ4n) is 0.986. The molecule has 0 unspecified atom stereocenters. The summed E-state index contributed by atoms with van der Waals surface area (Å²) in [5, 5.41) is 19.5. The Kier molecular flexibility index (Phi) is 4.03. The van der Waals surface area contributed by atoms with E-state index >= 15 is 0 Å². The van der Waals surface area contributed by atoms with Crippen LogP contribution in [-0.4, -0.2) is 27.8 Å². The smallest absolute Gasteiger partial charge is 0.362 e. The normalized spacial score (nSPS) is 11.2. The Morgan fingerprint density at radius 3 is 2.44 bits per heavy atom. The number of aliphatic carboxylic acids is 1. The van der Waals surface area contributed by atoms with Crippen molar-refractivity contribution in [2.24, 2.45) is 5.16 Å². The summed E-state index contributed by atoms with van der Waals surface area (Å²) >= 11 is 8.89. The van der Waals surface area contributed by atoms with Gasteiger partial charge in [-0.3, -0.25) is 4.79 Å². The van der Waals surface area contributed by atoms with E-state index in [-0.39, 0.29) is 10.6 Å². The molecule has 0 amide bonds. The summed E-state index contributed by atoms with van der Waals surface area (Å²) in [7, 11) is 0. The van der Waals surface area contributed by atoms with E-state index in [1.54, 1.807) is 0 Å². The van der Waals surface area contributed by atoms with Crippen molar-refractivity contribution in [2.75, 3.05) is 0 Å². The van der Waals surface area contributed by atoms with Crippen LogP contribution in [0.1, 0.15) is 10.4 Å². The van der Waals surface area contributed by atoms with Crippen LogP contribution in [0.4, 0.5) is 0 Å². The highest BCUT2D eigenvalue weighted by Crippen LogP contribution is 2.22. The van der Waals surface area contributed by atoms with Gasteiger partial charge in [0.05, 0.1) is 5.02 Å². The van der Waals surface area contributed by atoms with Gasteiger partial charge >= 0.3 is 5.97 Å². The van der Waals surface area contributed by atoms with Gasteiger partial charge in [-0.05, 0) is 18.2 Å². The second-order valence-corrected chi connectivity index (χ2v) is 4.03. The molecule has 0 heterocycles. The summed E-state index contributed by atoms with van der Waals surface area (Å²) in [5.74, 6) is -2.57. The molecule has 0 aromatic heterocycles. The van der Waals surface area contributed by atoms with Gasteiger partial charge in [0.25, 0.3) is 0 Å². The van der Waals surface area contributed by atoms with Crippen LogP contribution in [0.3, 0.4) is 0 Å². The van der Waals surface area contributed by atoms with Crippen molar-refractivity contribution < 1.29 is 19.9 Å². The highest BCUT2D eigenvalue weighted by molar-refractivity contribution is 9.10. The van der Waals surface area contributed by atoms with E-state index in [0.29, 0.717) is 4.47 Å². The number of carbonyl (C=O) groups excluding carboxylic acids is 1. The van der Waals surface area contributed by atoms with Crippen molar-refractivity contribution in [1.82, 2.24) is 0 Å². The van der Waals surface area contributed by atoms with E-state index in [4.69, 9.17) is 21.9 Å². The largest absolute Gasteiger partial charge is 0.476 e. The van der Waals surface area contributed by atoms with Crippen LogP contribution in [-0.2, 0) is 4.79 Å². The summed E-state index contributed by atoms with van der Waals surface area (Å²) in [6.07, 6.45) is 0. The lowest BCUT2D eigenvalue weighted by Crippen LogP contribution is -2.24. The molecule has 0 spiro atoms. The number of carboxylic acids is 1. The second kappa shape index (κ2) is 5.09. The fraction of sp³-hybridized carbons (Fsp3) is 0. The zero-order valence-corrected chi connectivity index (χ0v) is 9.99. The Hall–Kier alpha value is -1.40. The van der Waals surface area contributed by atoms with Crippen LogP contribution in [0.5, 0.6) is 0 Å². The van der Waals surface area contributed by atoms with E-state index in [1.165, 1.54) is 18.2 Å². The molecule has 0 saturated carbocycles. The van der Waals surface area contributed by atoms with Crippen LogP contribution in [0.25, 0.3) is 0 Å². The number of nitrogens with zero attached hydrogens (tertiary/aromatic N) is 1. The van der Waals surface area contributed by atoms with Crippen LogP contribution in [0, 0.1) is 0 Å². The molecule has 0 aliphatic rings. The number of hydrogen-bond donors (Lipinski definition) is 2. The maximum Gasteiger partial charge on any atom is 0.362 e. The fourth-order valence-corrected chi connectivity index (χ4v) is 1.75. The molecule has 1 aromatic carbocycles. The van der Waals surface area contributed by atoms with Gasteiger partial charge in [-0.15, -0.1) is 0 Å². The van der Waals surface area contributed by atoms with E-state index in [0.717, 1.165) is 0 Å². The molecular formula is C9H5BrClNO4. The molecule has 0 aliphatic heterocycles. The lowest BCUT2D eigenvalue weighted by molar-refractivity contribution is -0.129. The topological polar surface area (TPSA) is 87.0 Å². The molecule has 16 heavy (non-hydrogen) atoms. The van der Waals surface area contributed by atoms with Gasteiger partial charge in [-0.25, -0.2) is 4.79 Å². The molecule has 1 aromatic rings. The average molecular weight is 306 g/mol. The molecule has 5 nitrogen and oxygen atoms in total. The molecule has 0 saturated heterocycles. The highest BCUT2D eigenvalue weighted by Gasteiger charge is 2.23. The van der Waals surface area contributed by atoms with Gasteiger partial charge in [0.15, 0.2) is 0 Å². The van der Waals surface area contributed by atoms with Gasteiger partial charge in [0, 0.05) is 10.0 Å². The highest BCUT2D eigenvalue weighted by atomic mass is 79.9. The summed E-state index contributed by atoms with van der Waals surface area (Å²) in [6, 6.07) is 4.30. The number of hydrogen-bond acceptors (Lipinski definition) is 4. The molecule has 84 valence electrons. The SMILES string of the molecule is O=C(O)C(=NO)C(=O)c1ccc(Br)cc1Cl. The summed E-state index contributed by atoms with van der Waals surface area (Å²) in [6.45, 7) is 0. The first kappa shape index (κ1) is 12.7. The average Bonchev–Trinajstić information content (AvgIpc) is 2.17. The predicted octanol–water partition coefficient (Wildman–Crippen LogP) is 2.20. The molecule has 1 rings (SSSR count). The van der Waals surface area contributed by atoms with E-state index < -0.39 is 17.5 Å². The molecule has 0 bridgehead atoms. The standard InChI is InChI=1S/C9H5BrClNO4/c10-4-1-2-5(6(11)3-4)8(13)7(12-16)9(14)15/h1-3,16H,(H,14,15). The van der Waals surface area contributed by atoms with Crippen molar-refractivity contribution in [3.63, 3.8) is 0 Å². The van der Waals surface area contributed by atoms with Crippen molar-refractivity contribution in [3.05, 3.63) is 33.3 Å². The first-order valence-electron chi connectivity index (χ1n) is 3.92. The quantitative estimate of drug-likeness (QED) is 0.295. The summed E-state index contributed by atoms with van der Waals surface area (Å²) < 4.78 is 0.645.